The maximum Gasteiger partial charge on any atom is 0.145 e. The molecule has 2 nitrogen and oxygen atoms in total. The van der Waals surface area contributed by atoms with Crippen LogP contribution in [0.15, 0.2) is 40.9 Å². The van der Waals surface area contributed by atoms with E-state index in [0.717, 1.165) is 13.1 Å². The van der Waals surface area contributed by atoms with Gasteiger partial charge in [0.15, 0.2) is 0 Å². The Bertz CT molecular complexity index is 589. The third kappa shape index (κ3) is 3.95. The fraction of sp³-hybridized carbons (Fsp3) is 0.200. The Balaban J connectivity index is 2.12. The Kier molecular flexibility index (Phi) is 5.40. The molecule has 0 bridgehead atoms. The Morgan fingerprint density at radius 1 is 1.25 bits per heavy atom. The number of rotatable bonds is 5. The maximum absolute atomic E-state index is 13.4. The number of benzene rings is 2. The summed E-state index contributed by atoms with van der Waals surface area (Å²) in [6.45, 7) is 3.80. The molecule has 0 saturated heterocycles. The fourth-order valence-corrected chi connectivity index (χ4v) is 2.37. The topological polar surface area (TPSA) is 21.3 Å². The van der Waals surface area contributed by atoms with E-state index in [4.69, 9.17) is 16.3 Å². The quantitative estimate of drug-likeness (QED) is 0.747. The lowest BCUT2D eigenvalue weighted by molar-refractivity contribution is 0.473. The molecule has 0 amide bonds. The first-order valence-electron chi connectivity index (χ1n) is 6.22. The highest BCUT2D eigenvalue weighted by Crippen LogP contribution is 2.33. The Morgan fingerprint density at radius 2 is 1.95 bits per heavy atom. The number of hydrogen-bond donors (Lipinski definition) is 1. The molecule has 0 fully saturated rings. The Hall–Kier alpha value is -1.10. The van der Waals surface area contributed by atoms with Crippen molar-refractivity contribution >= 4 is 27.5 Å². The molecule has 0 atom stereocenters. The molecule has 2 rings (SSSR count). The first-order chi connectivity index (χ1) is 9.60. The first-order valence-corrected chi connectivity index (χ1v) is 7.39. The molecule has 5 heteroatoms. The van der Waals surface area contributed by atoms with Crippen LogP contribution in [0.25, 0.3) is 0 Å². The number of nitrogens with one attached hydrogen (secondary N) is 1. The summed E-state index contributed by atoms with van der Waals surface area (Å²) in [4.78, 5) is 0. The second kappa shape index (κ2) is 7.07. The third-order valence-electron chi connectivity index (χ3n) is 2.71. The van der Waals surface area contributed by atoms with Gasteiger partial charge in [0.25, 0.3) is 0 Å². The molecule has 0 saturated carbocycles. The summed E-state index contributed by atoms with van der Waals surface area (Å²) in [7, 11) is 0. The summed E-state index contributed by atoms with van der Waals surface area (Å²) in [6.07, 6.45) is 0. The van der Waals surface area contributed by atoms with E-state index in [2.05, 4.69) is 28.2 Å². The summed E-state index contributed by atoms with van der Waals surface area (Å²) < 4.78 is 19.7. The van der Waals surface area contributed by atoms with Crippen LogP contribution in [0, 0.1) is 5.82 Å². The molecule has 2 aromatic carbocycles. The summed E-state index contributed by atoms with van der Waals surface area (Å²) in [5.74, 6) is 0.535. The minimum absolute atomic E-state index is 0.0604. The minimum Gasteiger partial charge on any atom is -0.456 e. The van der Waals surface area contributed by atoms with Crippen LogP contribution in [-0.4, -0.2) is 6.54 Å². The van der Waals surface area contributed by atoms with Crippen LogP contribution in [0.1, 0.15) is 12.5 Å². The van der Waals surface area contributed by atoms with Crippen molar-refractivity contribution in [1.82, 2.24) is 5.32 Å². The molecule has 0 spiro atoms. The van der Waals surface area contributed by atoms with Crippen LogP contribution >= 0.6 is 27.5 Å². The van der Waals surface area contributed by atoms with E-state index in [9.17, 15) is 4.39 Å². The fourth-order valence-electron chi connectivity index (χ4n) is 1.65. The Morgan fingerprint density at radius 3 is 2.60 bits per heavy atom. The van der Waals surface area contributed by atoms with E-state index in [1.165, 1.54) is 17.7 Å². The van der Waals surface area contributed by atoms with Crippen molar-refractivity contribution in [3.8, 4) is 11.5 Å². The molecular formula is C15H14BrClFNO. The lowest BCUT2D eigenvalue weighted by Gasteiger charge is -2.09. The average molecular weight is 359 g/mol. The van der Waals surface area contributed by atoms with Crippen LogP contribution < -0.4 is 10.1 Å². The van der Waals surface area contributed by atoms with E-state index in [1.54, 1.807) is 0 Å². The number of hydrogen-bond acceptors (Lipinski definition) is 2. The van der Waals surface area contributed by atoms with Gasteiger partial charge in [-0.2, -0.15) is 0 Å². The van der Waals surface area contributed by atoms with Crippen LogP contribution in [0.3, 0.4) is 0 Å². The minimum atomic E-state index is -0.506. The van der Waals surface area contributed by atoms with Crippen molar-refractivity contribution < 1.29 is 9.13 Å². The largest absolute Gasteiger partial charge is 0.456 e. The lowest BCUT2D eigenvalue weighted by atomic mass is 10.2. The number of halogens is 3. The van der Waals surface area contributed by atoms with Gasteiger partial charge in [-0.25, -0.2) is 4.39 Å². The lowest BCUT2D eigenvalue weighted by Crippen LogP contribution is -2.11. The normalized spacial score (nSPS) is 10.6. The van der Waals surface area contributed by atoms with Gasteiger partial charge in [0.05, 0.1) is 9.50 Å². The predicted molar refractivity (Wildman–Crippen MR) is 83.0 cm³/mol. The van der Waals surface area contributed by atoms with Gasteiger partial charge in [0, 0.05) is 12.6 Å². The van der Waals surface area contributed by atoms with Crippen LogP contribution in [0.5, 0.6) is 11.5 Å². The van der Waals surface area contributed by atoms with Gasteiger partial charge in [-0.3, -0.25) is 0 Å². The van der Waals surface area contributed by atoms with E-state index in [-0.39, 0.29) is 5.02 Å². The monoisotopic (exact) mass is 357 g/mol. The van der Waals surface area contributed by atoms with Crippen molar-refractivity contribution in [2.75, 3.05) is 6.54 Å². The average Bonchev–Trinajstić information content (AvgIpc) is 2.44. The molecule has 0 aromatic heterocycles. The molecule has 0 aliphatic rings. The molecule has 0 unspecified atom stereocenters. The van der Waals surface area contributed by atoms with Crippen molar-refractivity contribution in [3.63, 3.8) is 0 Å². The van der Waals surface area contributed by atoms with Crippen LogP contribution in [0.2, 0.25) is 5.02 Å². The van der Waals surface area contributed by atoms with Gasteiger partial charge in [0.1, 0.15) is 17.3 Å². The highest BCUT2D eigenvalue weighted by atomic mass is 79.9. The third-order valence-corrected chi connectivity index (χ3v) is 3.61. The molecule has 0 radical (unpaired) electrons. The van der Waals surface area contributed by atoms with Crippen molar-refractivity contribution in [2.24, 2.45) is 0 Å². The highest BCUT2D eigenvalue weighted by molar-refractivity contribution is 9.10. The van der Waals surface area contributed by atoms with Crippen LogP contribution in [0.4, 0.5) is 4.39 Å². The van der Waals surface area contributed by atoms with E-state index in [1.807, 2.05) is 24.3 Å². The molecule has 0 aliphatic carbocycles. The second-order valence-corrected chi connectivity index (χ2v) is 5.48. The van der Waals surface area contributed by atoms with Crippen molar-refractivity contribution in [2.45, 2.75) is 13.5 Å². The summed E-state index contributed by atoms with van der Waals surface area (Å²) in [6, 6.07) is 10.4. The highest BCUT2D eigenvalue weighted by Gasteiger charge is 2.08. The van der Waals surface area contributed by atoms with Gasteiger partial charge >= 0.3 is 0 Å². The zero-order valence-electron chi connectivity index (χ0n) is 10.9. The summed E-state index contributed by atoms with van der Waals surface area (Å²) in [5.41, 5.74) is 1.17. The van der Waals surface area contributed by atoms with E-state index in [0.29, 0.717) is 16.0 Å². The zero-order chi connectivity index (χ0) is 14.5. The standard InChI is InChI=1S/C15H14BrClFNO/c1-2-19-9-10-3-5-11(6-4-10)20-15-8-14(18)13(17)7-12(15)16/h3-8,19H,2,9H2,1H3. The molecular weight excluding hydrogens is 345 g/mol. The smallest absolute Gasteiger partial charge is 0.145 e. The molecule has 106 valence electrons. The first kappa shape index (κ1) is 15.3. The van der Waals surface area contributed by atoms with Crippen molar-refractivity contribution in [1.29, 1.82) is 0 Å². The second-order valence-electron chi connectivity index (χ2n) is 4.22. The van der Waals surface area contributed by atoms with Gasteiger partial charge in [-0.05, 0) is 46.2 Å². The van der Waals surface area contributed by atoms with Gasteiger partial charge in [-0.15, -0.1) is 0 Å². The van der Waals surface area contributed by atoms with Gasteiger partial charge in [0.2, 0.25) is 0 Å². The van der Waals surface area contributed by atoms with Crippen molar-refractivity contribution in [3.05, 3.63) is 57.3 Å². The summed E-state index contributed by atoms with van der Waals surface area (Å²) >= 11 is 8.99. The summed E-state index contributed by atoms with van der Waals surface area (Å²) in [5, 5.41) is 3.30. The molecule has 2 aromatic rings. The van der Waals surface area contributed by atoms with Crippen LogP contribution in [-0.2, 0) is 6.54 Å². The van der Waals surface area contributed by atoms with E-state index >= 15 is 0 Å². The molecule has 0 heterocycles. The Labute approximate surface area is 131 Å². The molecule has 1 N–H and O–H groups in total. The predicted octanol–water partition coefficient (Wildman–Crippen LogP) is 5.14. The molecule has 20 heavy (non-hydrogen) atoms. The number of ether oxygens (including phenoxy) is 1. The SMILES string of the molecule is CCNCc1ccc(Oc2cc(F)c(Cl)cc2Br)cc1. The maximum atomic E-state index is 13.4. The molecule has 0 aliphatic heterocycles. The van der Waals surface area contributed by atoms with E-state index < -0.39 is 5.82 Å². The van der Waals surface area contributed by atoms with Gasteiger partial charge < -0.3 is 10.1 Å². The van der Waals surface area contributed by atoms with Gasteiger partial charge in [-0.1, -0.05) is 30.7 Å². The zero-order valence-corrected chi connectivity index (χ0v) is 13.3.